The van der Waals surface area contributed by atoms with Gasteiger partial charge in [0.2, 0.25) is 5.91 Å². The normalized spacial score (nSPS) is 12.0. The van der Waals surface area contributed by atoms with Gasteiger partial charge >= 0.3 is 5.97 Å². The van der Waals surface area contributed by atoms with E-state index in [9.17, 15) is 9.59 Å². The highest BCUT2D eigenvalue weighted by Crippen LogP contribution is 2.04. The zero-order valence-electron chi connectivity index (χ0n) is 11.8. The van der Waals surface area contributed by atoms with Crippen molar-refractivity contribution in [2.24, 2.45) is 11.8 Å². The molecule has 0 saturated heterocycles. The number of carbonyl (C=O) groups is 2. The lowest BCUT2D eigenvalue weighted by molar-refractivity contribution is -0.155. The van der Waals surface area contributed by atoms with Crippen molar-refractivity contribution in [1.82, 2.24) is 5.32 Å². The van der Waals surface area contributed by atoms with Crippen molar-refractivity contribution in [2.75, 3.05) is 13.2 Å². The van der Waals surface area contributed by atoms with E-state index in [4.69, 9.17) is 9.84 Å². The highest BCUT2D eigenvalue weighted by molar-refractivity contribution is 5.97. The maximum Gasteiger partial charge on any atom is 0.320 e. The predicted octanol–water partition coefficient (Wildman–Crippen LogP) is 1.11. The molecule has 0 fully saturated rings. The molecule has 1 rings (SSSR count). The second-order valence-electron chi connectivity index (χ2n) is 4.96. The number of carbonyl (C=O) groups excluding carboxylic acids is 2. The van der Waals surface area contributed by atoms with Crippen LogP contribution >= 0.6 is 0 Å². The Morgan fingerprint density at radius 2 is 1.90 bits per heavy atom. The number of hydrogen-bond acceptors (Lipinski definition) is 4. The van der Waals surface area contributed by atoms with Gasteiger partial charge in [-0.1, -0.05) is 44.2 Å². The van der Waals surface area contributed by atoms with Crippen molar-refractivity contribution >= 4 is 11.9 Å². The minimum Gasteiger partial charge on any atom is -0.465 e. The van der Waals surface area contributed by atoms with E-state index in [2.05, 4.69) is 5.32 Å². The molecule has 0 bridgehead atoms. The number of rotatable bonds is 7. The molecule has 1 atom stereocenters. The smallest absolute Gasteiger partial charge is 0.320 e. The van der Waals surface area contributed by atoms with E-state index >= 15 is 0 Å². The highest BCUT2D eigenvalue weighted by atomic mass is 16.5. The molecule has 0 aliphatic carbocycles. The monoisotopic (exact) mass is 279 g/mol. The molecular formula is C15H21NO4. The molecule has 5 heteroatoms. The third-order valence-corrected chi connectivity index (χ3v) is 2.65. The van der Waals surface area contributed by atoms with Crippen molar-refractivity contribution in [3.63, 3.8) is 0 Å². The first-order valence-electron chi connectivity index (χ1n) is 6.63. The fourth-order valence-electron chi connectivity index (χ4n) is 1.52. The quantitative estimate of drug-likeness (QED) is 0.579. The molecule has 0 aliphatic rings. The van der Waals surface area contributed by atoms with Gasteiger partial charge in [-0.05, 0) is 11.5 Å². The van der Waals surface area contributed by atoms with Crippen LogP contribution in [0.15, 0.2) is 30.3 Å². The van der Waals surface area contributed by atoms with Crippen LogP contribution in [0.3, 0.4) is 0 Å². The maximum atomic E-state index is 11.9. The van der Waals surface area contributed by atoms with Gasteiger partial charge in [-0.2, -0.15) is 0 Å². The van der Waals surface area contributed by atoms with Crippen LogP contribution < -0.4 is 5.32 Å². The number of amides is 1. The van der Waals surface area contributed by atoms with Crippen LogP contribution in [0, 0.1) is 11.8 Å². The summed E-state index contributed by atoms with van der Waals surface area (Å²) in [4.78, 5) is 23.6. The lowest BCUT2D eigenvalue weighted by atomic mass is 10.1. The Morgan fingerprint density at radius 3 is 2.45 bits per heavy atom. The van der Waals surface area contributed by atoms with Crippen molar-refractivity contribution in [3.8, 4) is 0 Å². The lowest BCUT2D eigenvalue weighted by Gasteiger charge is -2.14. The number of aliphatic hydroxyl groups excluding tert-OH is 1. The van der Waals surface area contributed by atoms with E-state index in [-0.39, 0.29) is 12.5 Å². The van der Waals surface area contributed by atoms with Gasteiger partial charge in [0.1, 0.15) is 0 Å². The topological polar surface area (TPSA) is 75.6 Å². The van der Waals surface area contributed by atoms with E-state index in [0.717, 1.165) is 5.56 Å². The van der Waals surface area contributed by atoms with E-state index in [1.165, 1.54) is 0 Å². The van der Waals surface area contributed by atoms with Crippen molar-refractivity contribution < 1.29 is 19.4 Å². The first kappa shape index (κ1) is 16.2. The molecule has 0 spiro atoms. The Hall–Kier alpha value is -1.88. The zero-order valence-corrected chi connectivity index (χ0v) is 11.8. The van der Waals surface area contributed by atoms with Crippen LogP contribution in [0.5, 0.6) is 0 Å². The van der Waals surface area contributed by atoms with E-state index in [1.807, 2.05) is 44.2 Å². The largest absolute Gasteiger partial charge is 0.465 e. The minimum atomic E-state index is -1.17. The highest BCUT2D eigenvalue weighted by Gasteiger charge is 2.27. The van der Waals surface area contributed by atoms with Gasteiger partial charge < -0.3 is 15.2 Å². The molecular weight excluding hydrogens is 258 g/mol. The first-order chi connectivity index (χ1) is 9.54. The average molecular weight is 279 g/mol. The van der Waals surface area contributed by atoms with Gasteiger partial charge in [-0.3, -0.25) is 9.59 Å². The molecule has 0 saturated carbocycles. The second kappa shape index (κ2) is 8.32. The van der Waals surface area contributed by atoms with Crippen LogP contribution in [0.2, 0.25) is 0 Å². The summed E-state index contributed by atoms with van der Waals surface area (Å²) in [6.45, 7) is 3.79. The number of aliphatic hydroxyl groups is 1. The Morgan fingerprint density at radius 1 is 1.25 bits per heavy atom. The third kappa shape index (κ3) is 5.40. The summed E-state index contributed by atoms with van der Waals surface area (Å²) < 4.78 is 4.97. The molecule has 1 amide bonds. The summed E-state index contributed by atoms with van der Waals surface area (Å²) in [5.74, 6) is -2.19. The Balaban J connectivity index is 2.48. The molecule has 5 nitrogen and oxygen atoms in total. The molecule has 20 heavy (non-hydrogen) atoms. The Kier molecular flexibility index (Phi) is 6.73. The van der Waals surface area contributed by atoms with Gasteiger partial charge in [-0.15, -0.1) is 0 Å². The maximum absolute atomic E-state index is 11.9. The molecule has 110 valence electrons. The van der Waals surface area contributed by atoms with E-state index in [1.54, 1.807) is 0 Å². The fraction of sp³-hybridized carbons (Fsp3) is 0.467. The van der Waals surface area contributed by atoms with Crippen LogP contribution in [0.25, 0.3) is 0 Å². The van der Waals surface area contributed by atoms with Crippen molar-refractivity contribution in [1.29, 1.82) is 0 Å². The van der Waals surface area contributed by atoms with Gasteiger partial charge in [0, 0.05) is 6.54 Å². The summed E-state index contributed by atoms with van der Waals surface area (Å²) in [5.41, 5.74) is 0.924. The number of esters is 1. The van der Waals surface area contributed by atoms with Crippen LogP contribution in [-0.4, -0.2) is 30.2 Å². The molecule has 0 heterocycles. The Bertz CT molecular complexity index is 431. The third-order valence-electron chi connectivity index (χ3n) is 2.65. The summed E-state index contributed by atoms with van der Waals surface area (Å²) in [6, 6.07) is 9.34. The molecule has 2 N–H and O–H groups in total. The standard InChI is InChI=1S/C15H21NO4/c1-11(2)10-20-15(19)13(9-17)14(18)16-8-12-6-4-3-5-7-12/h3-7,11,13,17H,8-10H2,1-2H3,(H,16,18)/t13-/m1/s1. The summed E-state index contributed by atoms with van der Waals surface area (Å²) >= 11 is 0. The first-order valence-corrected chi connectivity index (χ1v) is 6.63. The van der Waals surface area contributed by atoms with E-state index in [0.29, 0.717) is 6.54 Å². The van der Waals surface area contributed by atoms with Crippen molar-refractivity contribution in [2.45, 2.75) is 20.4 Å². The molecule has 0 aliphatic heterocycles. The lowest BCUT2D eigenvalue weighted by Crippen LogP contribution is -2.38. The molecule has 1 aromatic carbocycles. The van der Waals surface area contributed by atoms with Gasteiger partial charge in [0.25, 0.3) is 0 Å². The molecule has 0 radical (unpaired) electrons. The van der Waals surface area contributed by atoms with Gasteiger partial charge in [-0.25, -0.2) is 0 Å². The van der Waals surface area contributed by atoms with Crippen LogP contribution in [0.1, 0.15) is 19.4 Å². The Labute approximate surface area is 118 Å². The summed E-state index contributed by atoms with van der Waals surface area (Å²) in [7, 11) is 0. The van der Waals surface area contributed by atoms with Crippen molar-refractivity contribution in [3.05, 3.63) is 35.9 Å². The van der Waals surface area contributed by atoms with Crippen LogP contribution in [0.4, 0.5) is 0 Å². The molecule has 1 aromatic rings. The zero-order chi connectivity index (χ0) is 15.0. The number of nitrogens with one attached hydrogen (secondary N) is 1. The summed E-state index contributed by atoms with van der Waals surface area (Å²) in [5, 5.41) is 11.8. The SMILES string of the molecule is CC(C)COC(=O)[C@H](CO)C(=O)NCc1ccccc1. The van der Waals surface area contributed by atoms with E-state index < -0.39 is 24.4 Å². The summed E-state index contributed by atoms with van der Waals surface area (Å²) in [6.07, 6.45) is 0. The average Bonchev–Trinajstić information content (AvgIpc) is 2.44. The number of ether oxygens (including phenoxy) is 1. The number of hydrogen-bond donors (Lipinski definition) is 2. The molecule has 0 unspecified atom stereocenters. The predicted molar refractivity (Wildman–Crippen MR) is 74.7 cm³/mol. The minimum absolute atomic E-state index is 0.186. The van der Waals surface area contributed by atoms with Gasteiger partial charge in [0.15, 0.2) is 5.92 Å². The van der Waals surface area contributed by atoms with Crippen LogP contribution in [-0.2, 0) is 20.9 Å². The second-order valence-corrected chi connectivity index (χ2v) is 4.96. The fourth-order valence-corrected chi connectivity index (χ4v) is 1.52. The number of benzene rings is 1. The van der Waals surface area contributed by atoms with Gasteiger partial charge in [0.05, 0.1) is 13.2 Å². The molecule has 0 aromatic heterocycles.